The molecule has 5 nitrogen and oxygen atoms in total. The molecule has 1 amide bonds. The van der Waals surface area contributed by atoms with Gasteiger partial charge in [0.15, 0.2) is 0 Å². The molecule has 0 aromatic heterocycles. The van der Waals surface area contributed by atoms with E-state index in [-0.39, 0.29) is 30.2 Å². The van der Waals surface area contributed by atoms with Gasteiger partial charge in [-0.25, -0.2) is 0 Å². The monoisotopic (exact) mass is 303 g/mol. The number of hydrogen-bond acceptors (Lipinski definition) is 4. The highest BCUT2D eigenvalue weighted by atomic mass is 32.2. The van der Waals surface area contributed by atoms with Crippen LogP contribution >= 0.6 is 11.8 Å². The van der Waals surface area contributed by atoms with Crippen molar-refractivity contribution in [1.29, 1.82) is 0 Å². The van der Waals surface area contributed by atoms with Crippen LogP contribution in [0.4, 0.5) is 0 Å². The summed E-state index contributed by atoms with van der Waals surface area (Å²) in [5.74, 6) is -1.09. The largest absolute Gasteiger partial charge is 0.481 e. The van der Waals surface area contributed by atoms with Gasteiger partial charge in [-0.3, -0.25) is 9.59 Å². The molecular weight excluding hydrogens is 278 g/mol. The maximum Gasteiger partial charge on any atom is 0.310 e. The van der Waals surface area contributed by atoms with E-state index in [1.807, 2.05) is 13.2 Å². The van der Waals surface area contributed by atoms with Gasteiger partial charge in [0, 0.05) is 17.7 Å². The van der Waals surface area contributed by atoms with Crippen molar-refractivity contribution in [3.8, 4) is 0 Å². The highest BCUT2D eigenvalue weighted by molar-refractivity contribution is 7.99. The summed E-state index contributed by atoms with van der Waals surface area (Å²) in [5.41, 5.74) is -0.893. The van der Waals surface area contributed by atoms with Crippen molar-refractivity contribution in [2.75, 3.05) is 12.9 Å². The van der Waals surface area contributed by atoms with E-state index in [2.05, 4.69) is 5.32 Å². The molecule has 0 spiro atoms. The fraction of sp³-hybridized carbons (Fsp3) is 0.857. The normalized spacial score (nSPS) is 20.9. The van der Waals surface area contributed by atoms with Crippen molar-refractivity contribution in [2.45, 2.75) is 56.7 Å². The lowest BCUT2D eigenvalue weighted by Crippen LogP contribution is -2.45. The standard InChI is InChI=1S/C14H25NO4S/c1-10(11(9-16)20-2)15-12(17)8-14(13(18)19)6-4-3-5-7-14/h10-11,16H,3-9H2,1-2H3,(H,15,17)(H,18,19). The highest BCUT2D eigenvalue weighted by Gasteiger charge is 2.41. The van der Waals surface area contributed by atoms with Crippen molar-refractivity contribution in [1.82, 2.24) is 5.32 Å². The molecule has 2 atom stereocenters. The molecule has 2 unspecified atom stereocenters. The van der Waals surface area contributed by atoms with Gasteiger partial charge in [-0.1, -0.05) is 19.3 Å². The summed E-state index contributed by atoms with van der Waals surface area (Å²) in [6.07, 6.45) is 5.87. The zero-order valence-electron chi connectivity index (χ0n) is 12.2. The van der Waals surface area contributed by atoms with Crippen molar-refractivity contribution in [3.05, 3.63) is 0 Å². The quantitative estimate of drug-likeness (QED) is 0.665. The Morgan fingerprint density at radius 1 is 1.30 bits per heavy atom. The number of hydrogen-bond donors (Lipinski definition) is 3. The zero-order valence-corrected chi connectivity index (χ0v) is 13.0. The molecule has 0 bridgehead atoms. The number of carboxylic acids is 1. The summed E-state index contributed by atoms with van der Waals surface area (Å²) in [6, 6.07) is -0.170. The second-order valence-corrected chi connectivity index (χ2v) is 6.71. The van der Waals surface area contributed by atoms with Crippen LogP contribution in [0, 0.1) is 5.41 Å². The first-order valence-electron chi connectivity index (χ1n) is 7.11. The Morgan fingerprint density at radius 3 is 2.35 bits per heavy atom. The van der Waals surface area contributed by atoms with Crippen molar-refractivity contribution in [2.24, 2.45) is 5.41 Å². The summed E-state index contributed by atoms with van der Waals surface area (Å²) in [5, 5.41) is 21.4. The topological polar surface area (TPSA) is 86.6 Å². The number of thioether (sulfide) groups is 1. The fourth-order valence-corrected chi connectivity index (χ4v) is 3.46. The van der Waals surface area contributed by atoms with E-state index in [1.54, 1.807) is 0 Å². The van der Waals surface area contributed by atoms with Crippen molar-refractivity contribution >= 4 is 23.6 Å². The number of carboxylic acid groups (broad SMARTS) is 1. The molecule has 1 aliphatic rings. The Balaban J connectivity index is 2.61. The van der Waals surface area contributed by atoms with Crippen LogP contribution in [0.25, 0.3) is 0 Å². The van der Waals surface area contributed by atoms with Gasteiger partial charge in [0.1, 0.15) is 0 Å². The van der Waals surface area contributed by atoms with E-state index in [4.69, 9.17) is 0 Å². The number of carbonyl (C=O) groups is 2. The van der Waals surface area contributed by atoms with Crippen LogP contribution < -0.4 is 5.32 Å². The van der Waals surface area contributed by atoms with Gasteiger partial charge >= 0.3 is 5.97 Å². The number of amides is 1. The Labute approximate surface area is 124 Å². The summed E-state index contributed by atoms with van der Waals surface area (Å²) in [7, 11) is 0. The molecule has 20 heavy (non-hydrogen) atoms. The molecule has 1 fully saturated rings. The molecule has 0 saturated heterocycles. The Kier molecular flexibility index (Phi) is 6.82. The lowest BCUT2D eigenvalue weighted by atomic mass is 9.71. The van der Waals surface area contributed by atoms with Gasteiger partial charge in [0.25, 0.3) is 0 Å². The molecule has 0 aromatic rings. The molecular formula is C14H25NO4S. The van der Waals surface area contributed by atoms with Gasteiger partial charge in [-0.2, -0.15) is 11.8 Å². The number of aliphatic carboxylic acids is 1. The molecule has 1 saturated carbocycles. The van der Waals surface area contributed by atoms with Crippen LogP contribution in [-0.4, -0.2) is 46.2 Å². The average Bonchev–Trinajstić information content (AvgIpc) is 2.40. The van der Waals surface area contributed by atoms with E-state index in [0.29, 0.717) is 12.8 Å². The maximum atomic E-state index is 12.1. The third-order valence-electron chi connectivity index (χ3n) is 4.19. The Morgan fingerprint density at radius 2 is 1.90 bits per heavy atom. The molecule has 1 aliphatic carbocycles. The number of rotatable bonds is 7. The second kappa shape index (κ2) is 7.88. The number of aliphatic hydroxyl groups excluding tert-OH is 1. The molecule has 0 aliphatic heterocycles. The first-order chi connectivity index (χ1) is 9.45. The third kappa shape index (κ3) is 4.38. The molecule has 6 heteroatoms. The number of nitrogens with one attached hydrogen (secondary N) is 1. The van der Waals surface area contributed by atoms with Crippen LogP contribution in [0.5, 0.6) is 0 Å². The summed E-state index contributed by atoms with van der Waals surface area (Å²) in [6.45, 7) is 1.83. The molecule has 0 aromatic carbocycles. The van der Waals surface area contributed by atoms with Gasteiger partial charge in [-0.05, 0) is 26.0 Å². The minimum absolute atomic E-state index is 0.00726. The minimum Gasteiger partial charge on any atom is -0.481 e. The Hall–Kier alpha value is -0.750. The smallest absolute Gasteiger partial charge is 0.310 e. The van der Waals surface area contributed by atoms with Gasteiger partial charge in [0.2, 0.25) is 5.91 Å². The molecule has 1 rings (SSSR count). The van der Waals surface area contributed by atoms with E-state index < -0.39 is 11.4 Å². The molecule has 3 N–H and O–H groups in total. The maximum absolute atomic E-state index is 12.1. The molecule has 0 heterocycles. The van der Waals surface area contributed by atoms with Crippen LogP contribution in [0.15, 0.2) is 0 Å². The van der Waals surface area contributed by atoms with Crippen molar-refractivity contribution < 1.29 is 19.8 Å². The molecule has 116 valence electrons. The third-order valence-corrected chi connectivity index (χ3v) is 5.36. The number of aliphatic hydroxyl groups is 1. The SMILES string of the molecule is CSC(CO)C(C)NC(=O)CC1(C(=O)O)CCCCC1. The Bertz CT molecular complexity index is 338. The fourth-order valence-electron chi connectivity index (χ4n) is 2.84. The summed E-state index contributed by atoms with van der Waals surface area (Å²) in [4.78, 5) is 23.6. The average molecular weight is 303 g/mol. The van der Waals surface area contributed by atoms with Gasteiger partial charge in [-0.15, -0.1) is 0 Å². The minimum atomic E-state index is -0.893. The van der Waals surface area contributed by atoms with Crippen LogP contribution in [-0.2, 0) is 9.59 Å². The van der Waals surface area contributed by atoms with E-state index in [9.17, 15) is 19.8 Å². The van der Waals surface area contributed by atoms with Crippen LogP contribution in [0.1, 0.15) is 45.4 Å². The first-order valence-corrected chi connectivity index (χ1v) is 8.40. The summed E-state index contributed by atoms with van der Waals surface area (Å²) >= 11 is 1.49. The zero-order chi connectivity index (χ0) is 15.2. The lowest BCUT2D eigenvalue weighted by molar-refractivity contribution is -0.154. The van der Waals surface area contributed by atoms with Gasteiger partial charge < -0.3 is 15.5 Å². The van der Waals surface area contributed by atoms with Crippen LogP contribution in [0.3, 0.4) is 0 Å². The lowest BCUT2D eigenvalue weighted by Gasteiger charge is -2.33. The highest BCUT2D eigenvalue weighted by Crippen LogP contribution is 2.39. The summed E-state index contributed by atoms with van der Waals surface area (Å²) < 4.78 is 0. The number of carbonyl (C=O) groups excluding carboxylic acids is 1. The van der Waals surface area contributed by atoms with E-state index >= 15 is 0 Å². The van der Waals surface area contributed by atoms with Crippen LogP contribution in [0.2, 0.25) is 0 Å². The van der Waals surface area contributed by atoms with E-state index in [1.165, 1.54) is 11.8 Å². The van der Waals surface area contributed by atoms with Gasteiger partial charge in [0.05, 0.1) is 12.0 Å². The second-order valence-electron chi connectivity index (χ2n) is 5.64. The van der Waals surface area contributed by atoms with Crippen molar-refractivity contribution in [3.63, 3.8) is 0 Å². The van der Waals surface area contributed by atoms with E-state index in [0.717, 1.165) is 19.3 Å². The molecule has 0 radical (unpaired) electrons. The predicted octanol–water partition coefficient (Wildman–Crippen LogP) is 1.64. The first kappa shape index (κ1) is 17.3. The predicted molar refractivity (Wildman–Crippen MR) is 79.8 cm³/mol.